The number of benzene rings is 3. The molecule has 0 spiro atoms. The van der Waals surface area contributed by atoms with Gasteiger partial charge in [-0.3, -0.25) is 9.59 Å². The van der Waals surface area contributed by atoms with Gasteiger partial charge in [0, 0.05) is 25.3 Å². The van der Waals surface area contributed by atoms with Crippen LogP contribution in [0.5, 0.6) is 0 Å². The van der Waals surface area contributed by atoms with Crippen molar-refractivity contribution in [2.24, 2.45) is 0 Å². The monoisotopic (exact) mass is 474 g/mol. The van der Waals surface area contributed by atoms with Crippen molar-refractivity contribution in [1.82, 2.24) is 10.2 Å². The molecular weight excluding hydrogens is 440 g/mol. The van der Waals surface area contributed by atoms with Crippen molar-refractivity contribution >= 4 is 23.6 Å². The predicted octanol–water partition coefficient (Wildman–Crippen LogP) is 5.31. The van der Waals surface area contributed by atoms with Crippen LogP contribution in [0.2, 0.25) is 0 Å². The van der Waals surface area contributed by atoms with Gasteiger partial charge in [0.2, 0.25) is 11.8 Å². The van der Waals surface area contributed by atoms with Gasteiger partial charge in [-0.25, -0.2) is 0 Å². The van der Waals surface area contributed by atoms with E-state index in [9.17, 15) is 9.59 Å². The Hall–Kier alpha value is -3.05. The molecule has 0 radical (unpaired) electrons. The fraction of sp³-hybridized carbons (Fsp3) is 0.310. The van der Waals surface area contributed by atoms with Crippen LogP contribution in [0.25, 0.3) is 0 Å². The average molecular weight is 475 g/mol. The number of likely N-dealkylation sites (N-methyl/N-ethyl adjacent to an activating group) is 1. The van der Waals surface area contributed by atoms with E-state index < -0.39 is 6.04 Å². The Bertz CT molecular complexity index is 1080. The first-order chi connectivity index (χ1) is 16.5. The molecule has 3 rings (SSSR count). The number of carbonyl (C=O) groups excluding carboxylic acids is 2. The Labute approximate surface area is 207 Å². The molecule has 34 heavy (non-hydrogen) atoms. The Kier molecular flexibility index (Phi) is 9.77. The maximum atomic E-state index is 13.6. The third-order valence-electron chi connectivity index (χ3n) is 5.80. The van der Waals surface area contributed by atoms with Crippen molar-refractivity contribution in [1.29, 1.82) is 0 Å². The Balaban J connectivity index is 1.83. The summed E-state index contributed by atoms with van der Waals surface area (Å²) in [5, 5.41) is 2.95. The quantitative estimate of drug-likeness (QED) is 0.410. The molecule has 1 unspecified atom stereocenters. The summed E-state index contributed by atoms with van der Waals surface area (Å²) in [5.74, 6) is 0.954. The van der Waals surface area contributed by atoms with E-state index in [-0.39, 0.29) is 11.8 Å². The molecule has 0 bridgehead atoms. The van der Waals surface area contributed by atoms with Crippen molar-refractivity contribution in [3.05, 3.63) is 107 Å². The molecule has 2 amide bonds. The zero-order chi connectivity index (χ0) is 24.3. The second kappa shape index (κ2) is 13.0. The lowest BCUT2D eigenvalue weighted by Crippen LogP contribution is -2.51. The highest BCUT2D eigenvalue weighted by atomic mass is 32.2. The molecule has 1 atom stereocenters. The highest BCUT2D eigenvalue weighted by Gasteiger charge is 2.30. The molecule has 0 aliphatic heterocycles. The molecule has 0 heterocycles. The van der Waals surface area contributed by atoms with Crippen molar-refractivity contribution < 1.29 is 9.59 Å². The smallest absolute Gasteiger partial charge is 0.243 e. The molecule has 0 saturated carbocycles. The van der Waals surface area contributed by atoms with Gasteiger partial charge < -0.3 is 10.2 Å². The highest BCUT2D eigenvalue weighted by molar-refractivity contribution is 7.99. The second-order valence-electron chi connectivity index (χ2n) is 8.53. The van der Waals surface area contributed by atoms with E-state index >= 15 is 0 Å². The zero-order valence-electron chi connectivity index (χ0n) is 20.3. The number of nitrogens with zero attached hydrogens (tertiary/aromatic N) is 1. The third-order valence-corrected chi connectivity index (χ3v) is 6.77. The van der Waals surface area contributed by atoms with Crippen molar-refractivity contribution in [2.45, 2.75) is 45.5 Å². The van der Waals surface area contributed by atoms with Gasteiger partial charge in [0.1, 0.15) is 6.04 Å². The second-order valence-corrected chi connectivity index (χ2v) is 9.52. The van der Waals surface area contributed by atoms with Gasteiger partial charge in [-0.05, 0) is 43.0 Å². The summed E-state index contributed by atoms with van der Waals surface area (Å²) < 4.78 is 0. The summed E-state index contributed by atoms with van der Waals surface area (Å²) in [4.78, 5) is 28.5. The Morgan fingerprint density at radius 1 is 0.912 bits per heavy atom. The van der Waals surface area contributed by atoms with E-state index in [0.717, 1.165) is 22.4 Å². The zero-order valence-corrected chi connectivity index (χ0v) is 21.1. The summed E-state index contributed by atoms with van der Waals surface area (Å²) >= 11 is 1.60. The number of carbonyl (C=O) groups is 2. The molecule has 0 aromatic heterocycles. The number of thioether (sulfide) groups is 1. The fourth-order valence-electron chi connectivity index (χ4n) is 3.96. The van der Waals surface area contributed by atoms with E-state index in [0.29, 0.717) is 25.3 Å². The van der Waals surface area contributed by atoms with Crippen molar-refractivity contribution in [3.8, 4) is 0 Å². The van der Waals surface area contributed by atoms with Crippen LogP contribution in [-0.4, -0.2) is 35.1 Å². The number of nitrogens with one attached hydrogen (secondary N) is 1. The maximum Gasteiger partial charge on any atom is 0.243 e. The molecule has 1 N–H and O–H groups in total. The van der Waals surface area contributed by atoms with Crippen LogP contribution in [0.3, 0.4) is 0 Å². The average Bonchev–Trinajstić information content (AvgIpc) is 2.83. The van der Waals surface area contributed by atoms with Crippen molar-refractivity contribution in [3.63, 3.8) is 0 Å². The fourth-order valence-corrected chi connectivity index (χ4v) is 4.94. The van der Waals surface area contributed by atoms with Gasteiger partial charge in [-0.1, -0.05) is 84.4 Å². The first kappa shape index (κ1) is 25.6. The van der Waals surface area contributed by atoms with Crippen LogP contribution in [0, 0.1) is 13.8 Å². The summed E-state index contributed by atoms with van der Waals surface area (Å²) in [5.41, 5.74) is 5.66. The first-order valence-electron chi connectivity index (χ1n) is 11.8. The molecule has 4 nitrogen and oxygen atoms in total. The number of aryl methyl sites for hydroxylation is 2. The van der Waals surface area contributed by atoms with Gasteiger partial charge in [-0.2, -0.15) is 0 Å². The summed E-state index contributed by atoms with van der Waals surface area (Å²) in [6.07, 6.45) is 0.479. The van der Waals surface area contributed by atoms with Crippen LogP contribution in [0.1, 0.15) is 34.7 Å². The van der Waals surface area contributed by atoms with Gasteiger partial charge in [0.25, 0.3) is 0 Å². The molecule has 0 aliphatic carbocycles. The number of rotatable bonds is 11. The summed E-state index contributed by atoms with van der Waals surface area (Å²) in [6, 6.07) is 25.7. The van der Waals surface area contributed by atoms with Crippen molar-refractivity contribution in [2.75, 3.05) is 12.3 Å². The minimum absolute atomic E-state index is 0.0210. The van der Waals surface area contributed by atoms with Gasteiger partial charge in [0.05, 0.1) is 5.75 Å². The van der Waals surface area contributed by atoms with Gasteiger partial charge >= 0.3 is 0 Å². The van der Waals surface area contributed by atoms with E-state index in [1.54, 1.807) is 16.7 Å². The SMILES string of the molecule is CCNC(=O)C(Cc1ccccc1)N(Cc1cccc(C)c1)C(=O)CSCc1ccccc1C. The minimum Gasteiger partial charge on any atom is -0.355 e. The maximum absolute atomic E-state index is 13.6. The standard InChI is InChI=1S/C29H34N2O2S/c1-4-30-29(33)27(18-24-13-6-5-7-14-24)31(19-25-15-10-11-22(2)17-25)28(32)21-34-20-26-16-9-8-12-23(26)3/h5-17,27H,4,18-21H2,1-3H3,(H,30,33). The molecule has 178 valence electrons. The first-order valence-corrected chi connectivity index (χ1v) is 12.9. The number of hydrogen-bond acceptors (Lipinski definition) is 3. The van der Waals surface area contributed by atoms with Gasteiger partial charge in [-0.15, -0.1) is 11.8 Å². The lowest BCUT2D eigenvalue weighted by atomic mass is 10.0. The lowest BCUT2D eigenvalue weighted by molar-refractivity contribution is -0.139. The minimum atomic E-state index is -0.575. The molecule has 0 saturated heterocycles. The summed E-state index contributed by atoms with van der Waals surface area (Å²) in [6.45, 7) is 6.96. The lowest BCUT2D eigenvalue weighted by Gasteiger charge is -2.31. The molecular formula is C29H34N2O2S. The van der Waals surface area contributed by atoms with Crippen LogP contribution < -0.4 is 5.32 Å². The molecule has 5 heteroatoms. The Morgan fingerprint density at radius 3 is 2.32 bits per heavy atom. The van der Waals surface area contributed by atoms with Crippen LogP contribution in [0.15, 0.2) is 78.9 Å². The highest BCUT2D eigenvalue weighted by Crippen LogP contribution is 2.20. The number of hydrogen-bond donors (Lipinski definition) is 1. The van der Waals surface area contributed by atoms with Crippen LogP contribution >= 0.6 is 11.8 Å². The van der Waals surface area contributed by atoms with Gasteiger partial charge in [0.15, 0.2) is 0 Å². The molecule has 3 aromatic rings. The summed E-state index contributed by atoms with van der Waals surface area (Å²) in [7, 11) is 0. The predicted molar refractivity (Wildman–Crippen MR) is 142 cm³/mol. The van der Waals surface area contributed by atoms with E-state index in [4.69, 9.17) is 0 Å². The molecule has 3 aromatic carbocycles. The topological polar surface area (TPSA) is 49.4 Å². The molecule has 0 fully saturated rings. The largest absolute Gasteiger partial charge is 0.355 e. The van der Waals surface area contributed by atoms with E-state index in [1.807, 2.05) is 74.5 Å². The normalized spacial score (nSPS) is 11.6. The van der Waals surface area contributed by atoms with E-state index in [2.05, 4.69) is 30.4 Å². The Morgan fingerprint density at radius 2 is 1.62 bits per heavy atom. The van der Waals surface area contributed by atoms with Crippen LogP contribution in [-0.2, 0) is 28.3 Å². The van der Waals surface area contributed by atoms with E-state index in [1.165, 1.54) is 11.1 Å². The molecule has 0 aliphatic rings. The number of amides is 2. The third kappa shape index (κ3) is 7.49. The van der Waals surface area contributed by atoms with Crippen LogP contribution in [0.4, 0.5) is 0 Å².